The molecular weight excluding hydrogens is 284 g/mol. The highest BCUT2D eigenvalue weighted by Crippen LogP contribution is 2.39. The molecule has 0 aliphatic carbocycles. The minimum absolute atomic E-state index is 0.398. The van der Waals surface area contributed by atoms with Crippen molar-refractivity contribution in [2.45, 2.75) is 25.4 Å². The zero-order chi connectivity index (χ0) is 14.7. The molecule has 112 valence electrons. The molecule has 2 heterocycles. The van der Waals surface area contributed by atoms with Crippen molar-refractivity contribution < 1.29 is 9.47 Å². The minimum atomic E-state index is 0.398. The van der Waals surface area contributed by atoms with Gasteiger partial charge in [0.1, 0.15) is 16.5 Å². The summed E-state index contributed by atoms with van der Waals surface area (Å²) in [6.45, 7) is 2.02. The molecular formula is C16H20N2O2S. The van der Waals surface area contributed by atoms with E-state index in [-0.39, 0.29) is 0 Å². The molecule has 0 saturated carbocycles. The monoisotopic (exact) mass is 304 g/mol. The van der Waals surface area contributed by atoms with E-state index >= 15 is 0 Å². The van der Waals surface area contributed by atoms with Crippen molar-refractivity contribution in [1.29, 1.82) is 0 Å². The topological polar surface area (TPSA) is 34.6 Å². The van der Waals surface area contributed by atoms with Gasteiger partial charge in [-0.05, 0) is 25.5 Å². The molecule has 3 rings (SSSR count). The lowest BCUT2D eigenvalue weighted by molar-refractivity contribution is 0.242. The van der Waals surface area contributed by atoms with E-state index in [1.54, 1.807) is 25.6 Å². The van der Waals surface area contributed by atoms with Crippen LogP contribution >= 0.6 is 11.3 Å². The molecule has 0 radical (unpaired) electrons. The van der Waals surface area contributed by atoms with Crippen molar-refractivity contribution in [3.8, 4) is 11.5 Å². The van der Waals surface area contributed by atoms with Crippen LogP contribution in [-0.2, 0) is 6.54 Å². The quantitative estimate of drug-likeness (QED) is 0.847. The molecule has 1 aliphatic heterocycles. The first-order valence-corrected chi connectivity index (χ1v) is 8.04. The number of aromatic nitrogens is 1. The molecule has 4 nitrogen and oxygen atoms in total. The van der Waals surface area contributed by atoms with Crippen LogP contribution in [0.25, 0.3) is 0 Å². The molecule has 0 N–H and O–H groups in total. The van der Waals surface area contributed by atoms with Crippen LogP contribution < -0.4 is 9.47 Å². The molecule has 1 atom stereocenters. The lowest BCUT2D eigenvalue weighted by atomic mass is 10.0. The summed E-state index contributed by atoms with van der Waals surface area (Å²) < 4.78 is 10.8. The SMILES string of the molecule is COc1ccc([C@H]2CCCN2Cc2nccs2)c(OC)c1. The Labute approximate surface area is 129 Å². The number of rotatable bonds is 5. The van der Waals surface area contributed by atoms with Gasteiger partial charge in [0.05, 0.1) is 20.8 Å². The minimum Gasteiger partial charge on any atom is -0.497 e. The highest BCUT2D eigenvalue weighted by Gasteiger charge is 2.28. The number of methoxy groups -OCH3 is 2. The third-order valence-electron chi connectivity index (χ3n) is 3.99. The van der Waals surface area contributed by atoms with E-state index in [0.717, 1.165) is 31.0 Å². The van der Waals surface area contributed by atoms with Gasteiger partial charge >= 0.3 is 0 Å². The average molecular weight is 304 g/mol. The van der Waals surface area contributed by atoms with Crippen molar-refractivity contribution in [2.75, 3.05) is 20.8 Å². The average Bonchev–Trinajstić information content (AvgIpc) is 3.19. The first kappa shape index (κ1) is 14.4. The Hall–Kier alpha value is -1.59. The number of benzene rings is 1. The molecule has 1 aromatic carbocycles. The van der Waals surface area contributed by atoms with Crippen LogP contribution in [0.1, 0.15) is 29.5 Å². The molecule has 0 bridgehead atoms. The van der Waals surface area contributed by atoms with Crippen LogP contribution in [0.5, 0.6) is 11.5 Å². The molecule has 0 unspecified atom stereocenters. The van der Waals surface area contributed by atoms with Gasteiger partial charge in [-0.15, -0.1) is 11.3 Å². The van der Waals surface area contributed by atoms with Crippen LogP contribution in [0.15, 0.2) is 29.8 Å². The fourth-order valence-electron chi connectivity index (χ4n) is 2.97. The first-order valence-electron chi connectivity index (χ1n) is 7.16. The Bertz CT molecular complexity index is 586. The molecule has 0 spiro atoms. The number of hydrogen-bond acceptors (Lipinski definition) is 5. The predicted octanol–water partition coefficient (Wildman–Crippen LogP) is 3.50. The Morgan fingerprint density at radius 1 is 1.33 bits per heavy atom. The van der Waals surface area contributed by atoms with Crippen LogP contribution in [0.2, 0.25) is 0 Å². The molecule has 0 amide bonds. The van der Waals surface area contributed by atoms with E-state index in [1.807, 2.05) is 23.7 Å². The Morgan fingerprint density at radius 2 is 2.24 bits per heavy atom. The lowest BCUT2D eigenvalue weighted by Gasteiger charge is -2.25. The summed E-state index contributed by atoms with van der Waals surface area (Å²) in [6.07, 6.45) is 4.25. The maximum Gasteiger partial charge on any atom is 0.127 e. The van der Waals surface area contributed by atoms with Gasteiger partial charge in [0.25, 0.3) is 0 Å². The molecule has 1 aliphatic rings. The molecule has 21 heavy (non-hydrogen) atoms. The Morgan fingerprint density at radius 3 is 2.95 bits per heavy atom. The number of ether oxygens (including phenoxy) is 2. The van der Waals surface area contributed by atoms with Crippen molar-refractivity contribution in [2.24, 2.45) is 0 Å². The second-order valence-corrected chi connectivity index (χ2v) is 6.14. The van der Waals surface area contributed by atoms with Crippen LogP contribution in [0.4, 0.5) is 0 Å². The van der Waals surface area contributed by atoms with Gasteiger partial charge in [-0.3, -0.25) is 4.90 Å². The van der Waals surface area contributed by atoms with Gasteiger partial charge in [0, 0.05) is 29.2 Å². The van der Waals surface area contributed by atoms with Crippen LogP contribution in [-0.4, -0.2) is 30.6 Å². The third kappa shape index (κ3) is 3.04. The smallest absolute Gasteiger partial charge is 0.127 e. The van der Waals surface area contributed by atoms with Crippen LogP contribution in [0, 0.1) is 0 Å². The predicted molar refractivity (Wildman–Crippen MR) is 84.0 cm³/mol. The van der Waals surface area contributed by atoms with E-state index in [4.69, 9.17) is 9.47 Å². The van der Waals surface area contributed by atoms with Gasteiger partial charge in [-0.2, -0.15) is 0 Å². The van der Waals surface area contributed by atoms with E-state index in [1.165, 1.54) is 17.0 Å². The maximum atomic E-state index is 5.56. The molecule has 1 saturated heterocycles. The lowest BCUT2D eigenvalue weighted by Crippen LogP contribution is -2.23. The molecule has 5 heteroatoms. The van der Waals surface area contributed by atoms with Gasteiger partial charge in [0.15, 0.2) is 0 Å². The Kier molecular flexibility index (Phi) is 4.41. The van der Waals surface area contributed by atoms with Gasteiger partial charge < -0.3 is 9.47 Å². The summed E-state index contributed by atoms with van der Waals surface area (Å²) in [5.41, 5.74) is 1.24. The van der Waals surface area contributed by atoms with Gasteiger partial charge in [-0.25, -0.2) is 4.98 Å². The summed E-state index contributed by atoms with van der Waals surface area (Å²) in [5.74, 6) is 1.74. The zero-order valence-corrected chi connectivity index (χ0v) is 13.2. The third-order valence-corrected chi connectivity index (χ3v) is 4.75. The summed E-state index contributed by atoms with van der Waals surface area (Å²) >= 11 is 1.72. The number of hydrogen-bond donors (Lipinski definition) is 0. The number of likely N-dealkylation sites (tertiary alicyclic amines) is 1. The van der Waals surface area contributed by atoms with Crippen molar-refractivity contribution >= 4 is 11.3 Å². The number of thiazole rings is 1. The fraction of sp³-hybridized carbons (Fsp3) is 0.438. The Balaban J connectivity index is 1.84. The first-order chi connectivity index (χ1) is 10.3. The highest BCUT2D eigenvalue weighted by atomic mass is 32.1. The number of nitrogens with zero attached hydrogens (tertiary/aromatic N) is 2. The second kappa shape index (κ2) is 6.45. The zero-order valence-electron chi connectivity index (χ0n) is 12.4. The van der Waals surface area contributed by atoms with Crippen molar-refractivity contribution in [1.82, 2.24) is 9.88 Å². The summed E-state index contributed by atoms with van der Waals surface area (Å²) in [4.78, 5) is 6.89. The fourth-order valence-corrected chi connectivity index (χ4v) is 3.61. The maximum absolute atomic E-state index is 5.56. The normalized spacial score (nSPS) is 18.9. The molecule has 1 fully saturated rings. The summed E-state index contributed by atoms with van der Waals surface area (Å²) in [6, 6.07) is 6.50. The highest BCUT2D eigenvalue weighted by molar-refractivity contribution is 7.09. The van der Waals surface area contributed by atoms with E-state index in [0.29, 0.717) is 6.04 Å². The van der Waals surface area contributed by atoms with Gasteiger partial charge in [0.2, 0.25) is 0 Å². The molecule has 1 aromatic heterocycles. The van der Waals surface area contributed by atoms with E-state index in [9.17, 15) is 0 Å². The van der Waals surface area contributed by atoms with Crippen molar-refractivity contribution in [3.05, 3.63) is 40.3 Å². The van der Waals surface area contributed by atoms with Crippen LogP contribution in [0.3, 0.4) is 0 Å². The van der Waals surface area contributed by atoms with E-state index < -0.39 is 0 Å². The summed E-state index contributed by atoms with van der Waals surface area (Å²) in [7, 11) is 3.40. The van der Waals surface area contributed by atoms with Gasteiger partial charge in [-0.1, -0.05) is 6.07 Å². The summed E-state index contributed by atoms with van der Waals surface area (Å²) in [5, 5.41) is 3.21. The van der Waals surface area contributed by atoms with Crippen molar-refractivity contribution in [3.63, 3.8) is 0 Å². The molecule has 2 aromatic rings. The standard InChI is InChI=1S/C16H20N2O2S/c1-19-12-5-6-13(15(10-12)20-2)14-4-3-8-18(14)11-16-17-7-9-21-16/h5-7,9-10,14H,3-4,8,11H2,1-2H3/t14-/m1/s1. The second-order valence-electron chi connectivity index (χ2n) is 5.16. The van der Waals surface area contributed by atoms with E-state index in [2.05, 4.69) is 16.0 Å². The largest absolute Gasteiger partial charge is 0.497 e.